The molecule has 14 heteroatoms. The van der Waals surface area contributed by atoms with E-state index < -0.39 is 21.4 Å². The van der Waals surface area contributed by atoms with E-state index in [-0.39, 0.29) is 34.6 Å². The number of benzene rings is 2. The van der Waals surface area contributed by atoms with Crippen LogP contribution in [-0.2, 0) is 20.2 Å². The molecule has 1 saturated heterocycles. The number of amides is 1. The summed E-state index contributed by atoms with van der Waals surface area (Å²) in [5.41, 5.74) is 0.768. The van der Waals surface area contributed by atoms with Gasteiger partial charge in [-0.15, -0.1) is 11.3 Å². The Balaban J connectivity index is 1.35. The average Bonchev–Trinajstić information content (AvgIpc) is 3.48. The summed E-state index contributed by atoms with van der Waals surface area (Å²) in [4.78, 5) is 28.8. The lowest BCUT2D eigenvalue weighted by molar-refractivity contribution is 0.0126. The average molecular weight is 725 g/mol. The van der Waals surface area contributed by atoms with Crippen molar-refractivity contribution in [1.82, 2.24) is 19.9 Å². The van der Waals surface area contributed by atoms with Crippen LogP contribution in [0.25, 0.3) is 21.8 Å². The first-order valence-corrected chi connectivity index (χ1v) is 19.1. The second-order valence-electron chi connectivity index (χ2n) is 14.2. The van der Waals surface area contributed by atoms with Crippen molar-refractivity contribution in [1.29, 1.82) is 0 Å². The summed E-state index contributed by atoms with van der Waals surface area (Å²) in [6, 6.07) is 13.8. The van der Waals surface area contributed by atoms with E-state index in [1.165, 1.54) is 17.4 Å². The molecule has 50 heavy (non-hydrogen) atoms. The highest BCUT2D eigenvalue weighted by molar-refractivity contribution is 7.92. The number of nitrogens with one attached hydrogen (secondary N) is 2. The molecule has 3 heterocycles. The van der Waals surface area contributed by atoms with Gasteiger partial charge in [-0.1, -0.05) is 39.8 Å². The topological polar surface area (TPSA) is 136 Å². The Labute approximate surface area is 297 Å². The number of ether oxygens (including phenoxy) is 2. The molecule has 11 nitrogen and oxygen atoms in total. The number of piperidine rings is 1. The van der Waals surface area contributed by atoms with E-state index in [4.69, 9.17) is 19.4 Å². The van der Waals surface area contributed by atoms with Crippen molar-refractivity contribution in [3.8, 4) is 27.6 Å². The number of thiazole rings is 1. The number of aromatic nitrogens is 3. The Bertz CT molecular complexity index is 1930. The van der Waals surface area contributed by atoms with Crippen LogP contribution in [0.5, 0.6) is 5.75 Å². The Morgan fingerprint density at radius 3 is 2.44 bits per heavy atom. The Morgan fingerprint density at radius 2 is 1.76 bits per heavy atom. The summed E-state index contributed by atoms with van der Waals surface area (Å²) in [6.07, 6.45) is 3.03. The van der Waals surface area contributed by atoms with Gasteiger partial charge < -0.3 is 19.7 Å². The van der Waals surface area contributed by atoms with Crippen LogP contribution in [-0.4, -0.2) is 64.9 Å². The fourth-order valence-corrected chi connectivity index (χ4v) is 7.51. The number of carbonyl (C=O) groups excluding carboxylic acids is 1. The largest absolute Gasteiger partial charge is 0.490 e. The molecule has 2 N–H and O–H groups in total. The molecular formula is C36H45FN6O5S2. The zero-order valence-electron chi connectivity index (χ0n) is 29.5. The summed E-state index contributed by atoms with van der Waals surface area (Å²) in [5.74, 6) is 0.169. The molecule has 2 aromatic heterocycles. The molecule has 0 spiro atoms. The molecule has 0 atom stereocenters. The van der Waals surface area contributed by atoms with Gasteiger partial charge in [0.25, 0.3) is 0 Å². The molecule has 5 rings (SSSR count). The SMILES string of the molecule is CCCS(=O)(=O)Nc1cccc(-c2nc(C(C)(C)C)sc2-c2ccnc(Nc3cccc(OC4CCN(C(=O)OC(C)(C)C)CC4)c3)n2)c1F. The Hall–Kier alpha value is -4.30. The zero-order valence-corrected chi connectivity index (χ0v) is 31.2. The number of halogens is 1. The number of nitrogens with zero attached hydrogens (tertiary/aromatic N) is 4. The first kappa shape index (κ1) is 37.0. The molecule has 0 radical (unpaired) electrons. The summed E-state index contributed by atoms with van der Waals surface area (Å²) in [6.45, 7) is 14.5. The van der Waals surface area contributed by atoms with Gasteiger partial charge in [-0.3, -0.25) is 4.72 Å². The zero-order chi connectivity index (χ0) is 36.3. The van der Waals surface area contributed by atoms with Gasteiger partial charge in [0.2, 0.25) is 16.0 Å². The van der Waals surface area contributed by atoms with E-state index in [0.29, 0.717) is 66.0 Å². The van der Waals surface area contributed by atoms with E-state index in [0.717, 1.165) is 5.01 Å². The van der Waals surface area contributed by atoms with Crippen molar-refractivity contribution in [3.05, 3.63) is 65.6 Å². The normalized spacial score (nSPS) is 14.4. The summed E-state index contributed by atoms with van der Waals surface area (Å²) in [5, 5.41) is 4.02. The first-order valence-electron chi connectivity index (χ1n) is 16.7. The maximum Gasteiger partial charge on any atom is 0.410 e. The number of carbonyl (C=O) groups is 1. The van der Waals surface area contributed by atoms with Crippen molar-refractivity contribution in [2.45, 2.75) is 84.8 Å². The van der Waals surface area contributed by atoms with Crippen LogP contribution in [0.2, 0.25) is 0 Å². The second-order valence-corrected chi connectivity index (χ2v) is 17.1. The second kappa shape index (κ2) is 14.9. The number of likely N-dealkylation sites (tertiary alicyclic amines) is 1. The monoisotopic (exact) mass is 724 g/mol. The maximum absolute atomic E-state index is 16.0. The standard InChI is InChI=1S/C36H45FN6O5S2/c1-8-21-50(45,46)42-27-14-10-13-26(29(27)37)30-31(49-32(41-30)35(2,3)4)28-15-18-38-33(40-28)39-23-11-9-12-25(22-23)47-24-16-19-43(20-17-24)34(44)48-36(5,6)7/h9-15,18,22,24,42H,8,16-17,19-21H2,1-7H3,(H,38,39,40). The molecule has 0 bridgehead atoms. The highest BCUT2D eigenvalue weighted by Gasteiger charge is 2.29. The molecular weight excluding hydrogens is 680 g/mol. The van der Waals surface area contributed by atoms with Crippen molar-refractivity contribution < 1.29 is 27.1 Å². The first-order chi connectivity index (χ1) is 23.5. The third-order valence-electron chi connectivity index (χ3n) is 7.64. The van der Waals surface area contributed by atoms with Crippen molar-refractivity contribution in [2.75, 3.05) is 28.9 Å². The predicted octanol–water partition coefficient (Wildman–Crippen LogP) is 8.38. The highest BCUT2D eigenvalue weighted by Crippen LogP contribution is 2.42. The van der Waals surface area contributed by atoms with E-state index in [1.54, 1.807) is 36.2 Å². The summed E-state index contributed by atoms with van der Waals surface area (Å²) >= 11 is 1.40. The molecule has 1 aliphatic rings. The smallest absolute Gasteiger partial charge is 0.410 e. The lowest BCUT2D eigenvalue weighted by Crippen LogP contribution is -2.44. The van der Waals surface area contributed by atoms with Gasteiger partial charge in [0.1, 0.15) is 17.5 Å². The minimum atomic E-state index is -3.71. The van der Waals surface area contributed by atoms with Crippen LogP contribution in [0.4, 0.5) is 26.5 Å². The van der Waals surface area contributed by atoms with E-state index in [9.17, 15) is 13.2 Å². The maximum atomic E-state index is 16.0. The molecule has 4 aromatic rings. The molecule has 2 aromatic carbocycles. The van der Waals surface area contributed by atoms with Crippen LogP contribution in [0.1, 0.15) is 72.7 Å². The van der Waals surface area contributed by atoms with Gasteiger partial charge in [-0.05, 0) is 57.5 Å². The van der Waals surface area contributed by atoms with Gasteiger partial charge >= 0.3 is 6.09 Å². The number of rotatable bonds is 10. The quantitative estimate of drug-likeness (QED) is 0.165. The molecule has 0 saturated carbocycles. The predicted molar refractivity (Wildman–Crippen MR) is 196 cm³/mol. The molecule has 1 fully saturated rings. The van der Waals surface area contributed by atoms with Crippen molar-refractivity contribution in [2.24, 2.45) is 0 Å². The lowest BCUT2D eigenvalue weighted by Gasteiger charge is -2.33. The number of anilines is 3. The summed E-state index contributed by atoms with van der Waals surface area (Å²) < 4.78 is 55.1. The van der Waals surface area contributed by atoms with Crippen LogP contribution in [0.3, 0.4) is 0 Å². The van der Waals surface area contributed by atoms with E-state index in [1.807, 2.05) is 65.8 Å². The molecule has 0 aliphatic carbocycles. The van der Waals surface area contributed by atoms with Crippen LogP contribution in [0, 0.1) is 5.82 Å². The van der Waals surface area contributed by atoms with E-state index in [2.05, 4.69) is 15.0 Å². The van der Waals surface area contributed by atoms with Gasteiger partial charge in [0, 0.05) is 54.9 Å². The lowest BCUT2D eigenvalue weighted by atomic mass is 9.98. The Kier molecular flexibility index (Phi) is 11.0. The highest BCUT2D eigenvalue weighted by atomic mass is 32.2. The number of hydrogen-bond donors (Lipinski definition) is 2. The van der Waals surface area contributed by atoms with Crippen LogP contribution < -0.4 is 14.8 Å². The number of sulfonamides is 1. The minimum Gasteiger partial charge on any atom is -0.490 e. The van der Waals surface area contributed by atoms with Crippen LogP contribution in [0.15, 0.2) is 54.7 Å². The summed E-state index contributed by atoms with van der Waals surface area (Å²) in [7, 11) is -3.71. The minimum absolute atomic E-state index is 0.0499. The third-order valence-corrected chi connectivity index (χ3v) is 10.6. The fraction of sp³-hybridized carbons (Fsp3) is 0.444. The van der Waals surface area contributed by atoms with Crippen molar-refractivity contribution >= 4 is 44.8 Å². The van der Waals surface area contributed by atoms with Crippen molar-refractivity contribution in [3.63, 3.8) is 0 Å². The number of hydrogen-bond acceptors (Lipinski definition) is 10. The third kappa shape index (κ3) is 9.48. The van der Waals surface area contributed by atoms with Gasteiger partial charge in [0.15, 0.2) is 5.82 Å². The molecule has 268 valence electrons. The van der Waals surface area contributed by atoms with Crippen LogP contribution >= 0.6 is 11.3 Å². The fourth-order valence-electron chi connectivity index (χ4n) is 5.27. The Morgan fingerprint density at radius 1 is 1.04 bits per heavy atom. The molecule has 0 unspecified atom stereocenters. The van der Waals surface area contributed by atoms with Gasteiger partial charge in [-0.2, -0.15) is 0 Å². The molecule has 1 amide bonds. The van der Waals surface area contributed by atoms with Gasteiger partial charge in [0.05, 0.1) is 32.7 Å². The molecule has 1 aliphatic heterocycles. The van der Waals surface area contributed by atoms with E-state index >= 15 is 4.39 Å². The van der Waals surface area contributed by atoms with Gasteiger partial charge in [-0.25, -0.2) is 32.6 Å².